The van der Waals surface area contributed by atoms with Gasteiger partial charge >= 0.3 is 0 Å². The van der Waals surface area contributed by atoms with Gasteiger partial charge in [0, 0.05) is 0 Å². The molecule has 1 saturated heterocycles. The van der Waals surface area contributed by atoms with Gasteiger partial charge in [-0.3, -0.25) is 0 Å². The van der Waals surface area contributed by atoms with Crippen LogP contribution < -0.4 is 4.74 Å². The molecule has 1 unspecified atom stereocenters. The van der Waals surface area contributed by atoms with E-state index in [9.17, 15) is 0 Å². The Kier molecular flexibility index (Phi) is 1.70. The van der Waals surface area contributed by atoms with Crippen LogP contribution in [0.25, 0.3) is 0 Å². The molecule has 1 atom stereocenters. The van der Waals surface area contributed by atoms with Crippen molar-refractivity contribution < 1.29 is 10.8 Å². The van der Waals surface area contributed by atoms with Crippen molar-refractivity contribution in [2.45, 2.75) is 13.0 Å². The second-order valence-electron chi connectivity index (χ2n) is 2.97. The Balaban J connectivity index is 1.98. The molecule has 0 radical (unpaired) electrons. The van der Waals surface area contributed by atoms with Crippen molar-refractivity contribution >= 4 is 0 Å². The molecule has 1 fully saturated rings. The molecule has 1 heterocycles. The van der Waals surface area contributed by atoms with Gasteiger partial charge in [0.05, 0.1) is 7.98 Å². The van der Waals surface area contributed by atoms with E-state index in [4.69, 9.17) is 10.8 Å². The molecule has 0 saturated carbocycles. The van der Waals surface area contributed by atoms with E-state index in [1.807, 2.05) is 19.1 Å². The van der Waals surface area contributed by atoms with Crippen molar-refractivity contribution in [2.24, 2.45) is 0 Å². The van der Waals surface area contributed by atoms with Gasteiger partial charge in [0.2, 0.25) is 0 Å². The lowest BCUT2D eigenvalue weighted by Gasteiger charge is -2.03. The molecular weight excluding hydrogens is 152 g/mol. The summed E-state index contributed by atoms with van der Waals surface area (Å²) < 4.78 is 18.0. The van der Waals surface area contributed by atoms with Gasteiger partial charge in [0.25, 0.3) is 0 Å². The van der Waals surface area contributed by atoms with Gasteiger partial charge in [-0.15, -0.1) is 0 Å². The average Bonchev–Trinajstić information content (AvgIpc) is 2.91. The van der Waals surface area contributed by atoms with Gasteiger partial charge in [0.1, 0.15) is 18.5 Å². The molecule has 2 nitrogen and oxygen atoms in total. The summed E-state index contributed by atoms with van der Waals surface area (Å²) in [7, 11) is 0. The monoisotopic (exact) mass is 165 g/mol. The summed E-state index contributed by atoms with van der Waals surface area (Å²) in [6.45, 7) is 3.32. The third-order valence-electron chi connectivity index (χ3n) is 1.78. The van der Waals surface area contributed by atoms with E-state index in [2.05, 4.69) is 0 Å². The van der Waals surface area contributed by atoms with Gasteiger partial charge in [-0.2, -0.15) is 0 Å². The molecule has 0 amide bonds. The highest BCUT2D eigenvalue weighted by Crippen LogP contribution is 2.15. The van der Waals surface area contributed by atoms with Crippen LogP contribution >= 0.6 is 0 Å². The van der Waals surface area contributed by atoms with Crippen molar-refractivity contribution in [3.63, 3.8) is 0 Å². The molecule has 2 rings (SSSR count). The Morgan fingerprint density at radius 2 is 2.50 bits per heavy atom. The first kappa shape index (κ1) is 6.49. The van der Waals surface area contributed by atoms with Crippen molar-refractivity contribution in [3.05, 3.63) is 29.8 Å². The van der Waals surface area contributed by atoms with E-state index < -0.39 is 0 Å². The molecule has 12 heavy (non-hydrogen) atoms. The minimum Gasteiger partial charge on any atom is -0.491 e. The van der Waals surface area contributed by atoms with Crippen molar-refractivity contribution in [3.8, 4) is 5.75 Å². The van der Waals surface area contributed by atoms with Gasteiger partial charge < -0.3 is 9.47 Å². The molecule has 0 bridgehead atoms. The molecule has 0 spiro atoms. The minimum absolute atomic E-state index is 0.274. The predicted octanol–water partition coefficient (Wildman–Crippen LogP) is 1.77. The number of ether oxygens (including phenoxy) is 2. The molecule has 1 aromatic rings. The van der Waals surface area contributed by atoms with Crippen LogP contribution in [-0.4, -0.2) is 19.3 Å². The first-order valence-corrected chi connectivity index (χ1v) is 4.07. The maximum absolute atomic E-state index is 7.55. The van der Waals surface area contributed by atoms with E-state index in [0.29, 0.717) is 12.6 Å². The largest absolute Gasteiger partial charge is 0.491 e. The zero-order chi connectivity index (χ0) is 9.26. The number of epoxide rings is 1. The van der Waals surface area contributed by atoms with Crippen LogP contribution in [-0.2, 0) is 4.74 Å². The van der Waals surface area contributed by atoms with E-state index in [0.717, 1.165) is 17.9 Å². The third-order valence-corrected chi connectivity index (χ3v) is 1.78. The summed E-state index contributed by atoms with van der Waals surface area (Å²) >= 11 is 0. The zero-order valence-corrected chi connectivity index (χ0v) is 7.04. The SMILES string of the molecule is [2H]c1cc(OCC2CO2)ccc1C. The normalized spacial score (nSPS) is 21.8. The van der Waals surface area contributed by atoms with Crippen LogP contribution in [0.4, 0.5) is 0 Å². The summed E-state index contributed by atoms with van der Waals surface area (Å²) in [6, 6.07) is 6.04. The van der Waals surface area contributed by atoms with E-state index >= 15 is 0 Å². The van der Waals surface area contributed by atoms with Crippen molar-refractivity contribution in [1.82, 2.24) is 0 Å². The summed E-state index contributed by atoms with van der Waals surface area (Å²) in [4.78, 5) is 0. The average molecular weight is 165 g/mol. The highest BCUT2D eigenvalue weighted by atomic mass is 16.6. The van der Waals surface area contributed by atoms with Crippen LogP contribution in [0.5, 0.6) is 5.75 Å². The quantitative estimate of drug-likeness (QED) is 0.637. The smallest absolute Gasteiger partial charge is 0.119 e. The predicted molar refractivity (Wildman–Crippen MR) is 46.4 cm³/mol. The van der Waals surface area contributed by atoms with E-state index in [1.54, 1.807) is 6.07 Å². The fraction of sp³-hybridized carbons (Fsp3) is 0.400. The van der Waals surface area contributed by atoms with Crippen LogP contribution in [0.3, 0.4) is 0 Å². The fourth-order valence-electron chi connectivity index (χ4n) is 0.932. The second-order valence-corrected chi connectivity index (χ2v) is 2.97. The van der Waals surface area contributed by atoms with Crippen LogP contribution in [0.2, 0.25) is 0 Å². The summed E-state index contributed by atoms with van der Waals surface area (Å²) in [5, 5.41) is 0. The molecule has 1 aliphatic heterocycles. The Hall–Kier alpha value is -1.02. The minimum atomic E-state index is 0.274. The number of aryl methyl sites for hydroxylation is 1. The highest BCUT2D eigenvalue weighted by Gasteiger charge is 2.22. The number of benzene rings is 1. The Morgan fingerprint density at radius 3 is 3.17 bits per heavy atom. The Labute approximate surface area is 73.5 Å². The summed E-state index contributed by atoms with van der Waals surface area (Å²) in [6.07, 6.45) is 0.274. The van der Waals surface area contributed by atoms with E-state index in [-0.39, 0.29) is 6.10 Å². The Morgan fingerprint density at radius 1 is 1.67 bits per heavy atom. The first-order valence-electron chi connectivity index (χ1n) is 4.57. The lowest BCUT2D eigenvalue weighted by molar-refractivity contribution is 0.263. The van der Waals surface area contributed by atoms with Crippen molar-refractivity contribution in [2.75, 3.05) is 13.2 Å². The van der Waals surface area contributed by atoms with E-state index in [1.165, 1.54) is 0 Å². The topological polar surface area (TPSA) is 21.8 Å². The molecule has 0 N–H and O–H groups in total. The van der Waals surface area contributed by atoms with Crippen LogP contribution in [0.15, 0.2) is 24.2 Å². The first-order chi connectivity index (χ1) is 6.25. The lowest BCUT2D eigenvalue weighted by Crippen LogP contribution is -2.03. The maximum atomic E-state index is 7.55. The highest BCUT2D eigenvalue weighted by molar-refractivity contribution is 5.26. The van der Waals surface area contributed by atoms with Crippen LogP contribution in [0, 0.1) is 6.92 Å². The van der Waals surface area contributed by atoms with Gasteiger partial charge in [-0.25, -0.2) is 0 Å². The van der Waals surface area contributed by atoms with Crippen molar-refractivity contribution in [1.29, 1.82) is 0 Å². The standard InChI is InChI=1S/C10H12O2/c1-8-2-4-9(5-3-8)11-6-10-7-12-10/h2-5,10H,6-7H2,1H3/i2D. The summed E-state index contributed by atoms with van der Waals surface area (Å²) in [5.41, 5.74) is 0.968. The third kappa shape index (κ3) is 1.98. The molecule has 2 heteroatoms. The fourth-order valence-corrected chi connectivity index (χ4v) is 0.932. The zero-order valence-electron chi connectivity index (χ0n) is 8.04. The van der Waals surface area contributed by atoms with Gasteiger partial charge in [0.15, 0.2) is 0 Å². The van der Waals surface area contributed by atoms with Crippen LogP contribution in [0.1, 0.15) is 6.93 Å². The second kappa shape index (κ2) is 3.15. The molecule has 0 aliphatic carbocycles. The molecule has 1 aliphatic rings. The Bertz CT molecular complexity index is 308. The molecular formula is C10H12O2. The number of hydrogen-bond donors (Lipinski definition) is 0. The lowest BCUT2D eigenvalue weighted by atomic mass is 10.2. The van der Waals surface area contributed by atoms with Gasteiger partial charge in [-0.1, -0.05) is 17.7 Å². The maximum Gasteiger partial charge on any atom is 0.119 e. The molecule has 0 aromatic heterocycles. The summed E-state index contributed by atoms with van der Waals surface area (Å²) in [5.74, 6) is 0.756. The number of rotatable bonds is 3. The molecule has 1 aromatic carbocycles. The number of hydrogen-bond acceptors (Lipinski definition) is 2. The molecule has 64 valence electrons. The van der Waals surface area contributed by atoms with Gasteiger partial charge in [-0.05, 0) is 19.1 Å².